The quantitative estimate of drug-likeness (QED) is 0.320. The van der Waals surface area contributed by atoms with Crippen LogP contribution in [0.5, 0.6) is 11.5 Å². The smallest absolute Gasteiger partial charge is 0.255 e. The maximum atomic E-state index is 12.7. The van der Waals surface area contributed by atoms with Crippen LogP contribution in [0.3, 0.4) is 0 Å². The van der Waals surface area contributed by atoms with Crippen LogP contribution in [0.1, 0.15) is 43.0 Å². The molecule has 0 aliphatic carbocycles. The second-order valence-electron chi connectivity index (χ2n) is 6.91. The molecule has 0 radical (unpaired) electrons. The van der Waals surface area contributed by atoms with Crippen molar-refractivity contribution in [3.05, 3.63) is 65.2 Å². The summed E-state index contributed by atoms with van der Waals surface area (Å²) in [6, 6.07) is 12.7. The number of nitrogens with zero attached hydrogens (tertiary/aromatic N) is 1. The van der Waals surface area contributed by atoms with Crippen molar-refractivity contribution in [2.75, 3.05) is 19.0 Å². The van der Waals surface area contributed by atoms with Crippen LogP contribution in [0.4, 0.5) is 5.69 Å². The van der Waals surface area contributed by atoms with Gasteiger partial charge in [-0.3, -0.25) is 9.36 Å². The molecule has 158 valence electrons. The maximum Gasteiger partial charge on any atom is 0.255 e. The van der Waals surface area contributed by atoms with Gasteiger partial charge in [-0.25, -0.2) is 0 Å². The average Bonchev–Trinajstić information content (AvgIpc) is 3.19. The molecule has 0 atom stereocenters. The lowest BCUT2D eigenvalue weighted by molar-refractivity contribution is 0.102. The number of aromatic amines is 1. The van der Waals surface area contributed by atoms with Gasteiger partial charge in [0.2, 0.25) is 0 Å². The van der Waals surface area contributed by atoms with Crippen LogP contribution in [0, 0.1) is 4.77 Å². The Bertz CT molecular complexity index is 1040. The maximum absolute atomic E-state index is 12.7. The predicted molar refractivity (Wildman–Crippen MR) is 122 cm³/mol. The number of methoxy groups -OCH3 is 1. The van der Waals surface area contributed by atoms with Gasteiger partial charge in [0, 0.05) is 29.3 Å². The number of amides is 1. The first kappa shape index (κ1) is 21.6. The molecule has 3 aromatic rings. The highest BCUT2D eigenvalue weighted by Gasteiger charge is 2.12. The van der Waals surface area contributed by atoms with Gasteiger partial charge in [-0.15, -0.1) is 0 Å². The number of aromatic nitrogens is 2. The number of imidazole rings is 1. The molecule has 0 aliphatic rings. The molecule has 0 spiro atoms. The molecule has 2 aromatic carbocycles. The number of hydrogen-bond donors (Lipinski definition) is 2. The molecule has 2 N–H and O–H groups in total. The molecule has 0 unspecified atom stereocenters. The highest BCUT2D eigenvalue weighted by Crippen LogP contribution is 2.29. The minimum Gasteiger partial charge on any atom is -0.493 e. The van der Waals surface area contributed by atoms with E-state index in [1.54, 1.807) is 31.5 Å². The molecule has 1 heterocycles. The summed E-state index contributed by atoms with van der Waals surface area (Å²) in [4.78, 5) is 15.7. The van der Waals surface area contributed by atoms with Crippen LogP contribution in [0.2, 0.25) is 0 Å². The van der Waals surface area contributed by atoms with Crippen molar-refractivity contribution in [3.8, 4) is 17.2 Å². The van der Waals surface area contributed by atoms with Gasteiger partial charge in [-0.2, -0.15) is 0 Å². The van der Waals surface area contributed by atoms with Crippen LogP contribution < -0.4 is 14.8 Å². The summed E-state index contributed by atoms with van der Waals surface area (Å²) in [6.45, 7) is 2.82. The Labute approximate surface area is 181 Å². The Morgan fingerprint density at radius 3 is 2.73 bits per heavy atom. The van der Waals surface area contributed by atoms with Gasteiger partial charge in [0.1, 0.15) is 0 Å². The molecule has 30 heavy (non-hydrogen) atoms. The fraction of sp³-hybridized carbons (Fsp3) is 0.304. The largest absolute Gasteiger partial charge is 0.493 e. The zero-order valence-corrected chi connectivity index (χ0v) is 18.1. The number of ether oxygens (including phenoxy) is 2. The van der Waals surface area contributed by atoms with Gasteiger partial charge in [0.05, 0.1) is 13.7 Å². The summed E-state index contributed by atoms with van der Waals surface area (Å²) in [5, 5.41) is 2.92. The zero-order chi connectivity index (χ0) is 21.3. The lowest BCUT2D eigenvalue weighted by atomic mass is 10.1. The molecular formula is C23H27N3O3S. The third kappa shape index (κ3) is 5.51. The number of anilines is 1. The van der Waals surface area contributed by atoms with Gasteiger partial charge in [-0.05, 0) is 55.0 Å². The lowest BCUT2D eigenvalue weighted by Crippen LogP contribution is -2.12. The summed E-state index contributed by atoms with van der Waals surface area (Å²) in [5.41, 5.74) is 2.04. The summed E-state index contributed by atoms with van der Waals surface area (Å²) in [6.07, 6.45) is 8.15. The number of carbonyl (C=O) groups excluding carboxylic acids is 1. The lowest BCUT2D eigenvalue weighted by Gasteiger charge is -2.13. The Morgan fingerprint density at radius 2 is 2.00 bits per heavy atom. The molecule has 1 aromatic heterocycles. The summed E-state index contributed by atoms with van der Waals surface area (Å²) >= 11 is 5.26. The van der Waals surface area contributed by atoms with E-state index in [-0.39, 0.29) is 5.91 Å². The second-order valence-corrected chi connectivity index (χ2v) is 7.30. The molecule has 1 amide bonds. The number of unbranched alkanes of at least 4 members (excludes halogenated alkanes) is 3. The number of hydrogen-bond acceptors (Lipinski definition) is 4. The van der Waals surface area contributed by atoms with Crippen LogP contribution in [0.25, 0.3) is 5.69 Å². The summed E-state index contributed by atoms with van der Waals surface area (Å²) in [7, 11) is 1.57. The highest BCUT2D eigenvalue weighted by molar-refractivity contribution is 7.71. The third-order valence-corrected chi connectivity index (χ3v) is 5.03. The van der Waals surface area contributed by atoms with E-state index in [9.17, 15) is 4.79 Å². The first-order valence-electron chi connectivity index (χ1n) is 10.1. The first-order valence-corrected chi connectivity index (χ1v) is 10.5. The Balaban J connectivity index is 1.68. The predicted octanol–water partition coefficient (Wildman–Crippen LogP) is 5.75. The zero-order valence-electron chi connectivity index (χ0n) is 17.3. The molecule has 0 saturated carbocycles. The molecule has 3 rings (SSSR count). The number of rotatable bonds is 10. The van der Waals surface area contributed by atoms with E-state index in [1.807, 2.05) is 35.0 Å². The van der Waals surface area contributed by atoms with Gasteiger partial charge in [0.15, 0.2) is 16.3 Å². The van der Waals surface area contributed by atoms with Crippen molar-refractivity contribution in [2.24, 2.45) is 0 Å². The van der Waals surface area contributed by atoms with E-state index in [1.165, 1.54) is 12.8 Å². The van der Waals surface area contributed by atoms with Crippen molar-refractivity contribution in [2.45, 2.75) is 32.6 Å². The fourth-order valence-electron chi connectivity index (χ4n) is 3.10. The Kier molecular flexibility index (Phi) is 7.68. The van der Waals surface area contributed by atoms with Crippen LogP contribution >= 0.6 is 12.2 Å². The molecule has 0 fully saturated rings. The average molecular weight is 426 g/mol. The topological polar surface area (TPSA) is 68.3 Å². The van der Waals surface area contributed by atoms with E-state index < -0.39 is 0 Å². The van der Waals surface area contributed by atoms with Gasteiger partial charge >= 0.3 is 0 Å². The minimum absolute atomic E-state index is 0.224. The molecular weight excluding hydrogens is 398 g/mol. The van der Waals surface area contributed by atoms with Gasteiger partial charge in [-0.1, -0.05) is 32.3 Å². The van der Waals surface area contributed by atoms with E-state index >= 15 is 0 Å². The van der Waals surface area contributed by atoms with Crippen molar-refractivity contribution in [3.63, 3.8) is 0 Å². The van der Waals surface area contributed by atoms with Crippen molar-refractivity contribution >= 4 is 23.8 Å². The second kappa shape index (κ2) is 10.6. The van der Waals surface area contributed by atoms with Gasteiger partial charge in [0.25, 0.3) is 5.91 Å². The molecule has 7 heteroatoms. The standard InChI is InChI=1S/C23H27N3O3S/c1-3-4-5-6-14-29-20-11-10-17(15-21(20)28-2)22(27)25-18-8-7-9-19(16-18)26-13-12-24-23(26)30/h7-13,15-16H,3-6,14H2,1-2H3,(H,24,30)(H,25,27). The molecule has 0 bridgehead atoms. The third-order valence-electron chi connectivity index (χ3n) is 4.71. The van der Waals surface area contributed by atoms with Crippen LogP contribution in [-0.2, 0) is 0 Å². The van der Waals surface area contributed by atoms with Crippen molar-refractivity contribution < 1.29 is 14.3 Å². The number of nitrogens with one attached hydrogen (secondary N) is 2. The Hall–Kier alpha value is -3.06. The Morgan fingerprint density at radius 1 is 1.13 bits per heavy atom. The van der Waals surface area contributed by atoms with E-state index in [4.69, 9.17) is 21.7 Å². The summed E-state index contributed by atoms with van der Waals surface area (Å²) < 4.78 is 13.7. The number of benzene rings is 2. The van der Waals surface area contributed by atoms with E-state index in [2.05, 4.69) is 17.2 Å². The first-order chi connectivity index (χ1) is 14.6. The number of H-pyrrole nitrogens is 1. The molecule has 0 aliphatic heterocycles. The SMILES string of the molecule is CCCCCCOc1ccc(C(=O)Nc2cccc(-n3cc[nH]c3=S)c2)cc1OC. The molecule has 0 saturated heterocycles. The monoisotopic (exact) mass is 425 g/mol. The van der Waals surface area contributed by atoms with E-state index in [0.29, 0.717) is 34.1 Å². The van der Waals surface area contributed by atoms with E-state index in [0.717, 1.165) is 18.5 Å². The fourth-order valence-corrected chi connectivity index (χ4v) is 3.33. The van der Waals surface area contributed by atoms with Crippen molar-refractivity contribution in [1.29, 1.82) is 0 Å². The normalized spacial score (nSPS) is 10.6. The number of carbonyl (C=O) groups is 1. The van der Waals surface area contributed by atoms with Gasteiger partial charge < -0.3 is 19.8 Å². The highest BCUT2D eigenvalue weighted by atomic mass is 32.1. The van der Waals surface area contributed by atoms with Crippen LogP contribution in [0.15, 0.2) is 54.9 Å². The van der Waals surface area contributed by atoms with Crippen molar-refractivity contribution in [1.82, 2.24) is 9.55 Å². The van der Waals surface area contributed by atoms with Crippen LogP contribution in [-0.4, -0.2) is 29.2 Å². The molecule has 6 nitrogen and oxygen atoms in total. The minimum atomic E-state index is -0.224. The summed E-state index contributed by atoms with van der Waals surface area (Å²) in [5.74, 6) is 0.970.